The van der Waals surface area contributed by atoms with Crippen LogP contribution < -0.4 is 10.6 Å². The maximum atomic E-state index is 12.6. The Kier molecular flexibility index (Phi) is 5.95. The van der Waals surface area contributed by atoms with Gasteiger partial charge in [-0.15, -0.1) is 0 Å². The van der Waals surface area contributed by atoms with Crippen LogP contribution >= 0.6 is 0 Å². The normalized spacial score (nSPS) is 12.6. The van der Waals surface area contributed by atoms with E-state index in [0.29, 0.717) is 17.3 Å². The Hall–Kier alpha value is -3.24. The lowest BCUT2D eigenvalue weighted by Crippen LogP contribution is -2.34. The number of urea groups is 1. The highest BCUT2D eigenvalue weighted by atomic mass is 32.2. The second-order valence-electron chi connectivity index (χ2n) is 6.54. The number of anilines is 1. The summed E-state index contributed by atoms with van der Waals surface area (Å²) in [6.45, 7) is 1.77. The Balaban J connectivity index is 1.81. The van der Waals surface area contributed by atoms with Gasteiger partial charge in [-0.2, -0.15) is 5.10 Å². The smallest absolute Gasteiger partial charge is 0.320 e. The molecule has 0 saturated heterocycles. The van der Waals surface area contributed by atoms with Gasteiger partial charge in [-0.25, -0.2) is 22.5 Å². The second-order valence-corrected chi connectivity index (χ2v) is 8.69. The van der Waals surface area contributed by atoms with Gasteiger partial charge in [-0.3, -0.25) is 5.10 Å². The lowest BCUT2D eigenvalue weighted by Gasteiger charge is -2.17. The molecule has 3 aromatic rings. The van der Waals surface area contributed by atoms with Gasteiger partial charge in [0.1, 0.15) is 11.9 Å². The summed E-state index contributed by atoms with van der Waals surface area (Å²) in [5.41, 5.74) is 1.16. The number of nitrogens with zero attached hydrogens (tertiary/aromatic N) is 3. The van der Waals surface area contributed by atoms with Crippen LogP contribution in [0.25, 0.3) is 0 Å². The molecule has 1 atom stereocenters. The Morgan fingerprint density at radius 2 is 1.83 bits per heavy atom. The van der Waals surface area contributed by atoms with Crippen molar-refractivity contribution in [1.29, 1.82) is 0 Å². The third-order valence-corrected chi connectivity index (χ3v) is 5.96. The van der Waals surface area contributed by atoms with Gasteiger partial charge in [-0.1, -0.05) is 36.4 Å². The minimum atomic E-state index is -3.60. The lowest BCUT2D eigenvalue weighted by molar-refractivity contribution is 0.249. The fourth-order valence-electron chi connectivity index (χ4n) is 2.67. The number of benzene rings is 2. The molecular formula is C19H22N6O3S. The molecule has 0 saturated carbocycles. The average Bonchev–Trinajstić information content (AvgIpc) is 3.13. The molecule has 3 rings (SSSR count). The molecule has 29 heavy (non-hydrogen) atoms. The lowest BCUT2D eigenvalue weighted by atomic mass is 10.1. The predicted molar refractivity (Wildman–Crippen MR) is 109 cm³/mol. The van der Waals surface area contributed by atoms with E-state index in [1.165, 1.54) is 26.2 Å². The Bertz CT molecular complexity index is 1100. The Morgan fingerprint density at radius 3 is 2.45 bits per heavy atom. The molecule has 1 aromatic heterocycles. The fourth-order valence-corrected chi connectivity index (χ4v) is 3.62. The van der Waals surface area contributed by atoms with Crippen LogP contribution in [0.5, 0.6) is 0 Å². The first kappa shape index (κ1) is 20.5. The van der Waals surface area contributed by atoms with Crippen molar-refractivity contribution >= 4 is 21.7 Å². The van der Waals surface area contributed by atoms with Crippen LogP contribution in [0.4, 0.5) is 10.5 Å². The number of carbonyl (C=O) groups is 1. The summed E-state index contributed by atoms with van der Waals surface area (Å²) in [6, 6.07) is 14.3. The zero-order valence-corrected chi connectivity index (χ0v) is 17.1. The number of carbonyl (C=O) groups excluding carboxylic acids is 1. The van der Waals surface area contributed by atoms with E-state index in [4.69, 9.17) is 0 Å². The van der Waals surface area contributed by atoms with E-state index in [-0.39, 0.29) is 4.90 Å². The fraction of sp³-hybridized carbons (Fsp3) is 0.211. The van der Waals surface area contributed by atoms with Crippen LogP contribution in [0.1, 0.15) is 23.3 Å². The molecule has 1 unspecified atom stereocenters. The van der Waals surface area contributed by atoms with Gasteiger partial charge in [0.25, 0.3) is 0 Å². The van der Waals surface area contributed by atoms with Gasteiger partial charge in [0.2, 0.25) is 10.0 Å². The van der Waals surface area contributed by atoms with E-state index < -0.39 is 22.1 Å². The molecule has 0 bridgehead atoms. The van der Waals surface area contributed by atoms with Crippen molar-refractivity contribution < 1.29 is 13.2 Å². The number of rotatable bonds is 6. The van der Waals surface area contributed by atoms with E-state index in [1.807, 2.05) is 30.3 Å². The summed E-state index contributed by atoms with van der Waals surface area (Å²) in [4.78, 5) is 17.0. The van der Waals surface area contributed by atoms with E-state index in [0.717, 1.165) is 9.87 Å². The van der Waals surface area contributed by atoms with Crippen molar-refractivity contribution in [2.75, 3.05) is 19.4 Å². The number of aromatic nitrogens is 3. The maximum absolute atomic E-state index is 12.6. The van der Waals surface area contributed by atoms with E-state index in [9.17, 15) is 13.2 Å². The number of hydrogen-bond donors (Lipinski definition) is 3. The SMILES string of the molecule is Cc1nc(C(NC(=O)Nc2cccc(S(=O)(=O)N(C)C)c2)c2ccccc2)n[nH]1. The first-order valence-electron chi connectivity index (χ1n) is 8.81. The number of H-pyrrole nitrogens is 1. The molecule has 0 spiro atoms. The van der Waals surface area contributed by atoms with Crippen molar-refractivity contribution in [3.8, 4) is 0 Å². The molecule has 0 aliphatic carbocycles. The topological polar surface area (TPSA) is 120 Å². The van der Waals surface area contributed by atoms with Crippen LogP contribution in [0, 0.1) is 6.92 Å². The monoisotopic (exact) mass is 414 g/mol. The van der Waals surface area contributed by atoms with Crippen molar-refractivity contribution in [1.82, 2.24) is 24.8 Å². The highest BCUT2D eigenvalue weighted by molar-refractivity contribution is 7.89. The highest BCUT2D eigenvalue weighted by Gasteiger charge is 2.22. The van der Waals surface area contributed by atoms with Crippen molar-refractivity contribution in [3.05, 3.63) is 71.8 Å². The molecule has 0 radical (unpaired) electrons. The average molecular weight is 414 g/mol. The molecule has 0 fully saturated rings. The van der Waals surface area contributed by atoms with Crippen LogP contribution in [-0.4, -0.2) is 48.0 Å². The van der Waals surface area contributed by atoms with Crippen LogP contribution in [0.3, 0.4) is 0 Å². The summed E-state index contributed by atoms with van der Waals surface area (Å²) in [6.07, 6.45) is 0. The summed E-state index contributed by atoms with van der Waals surface area (Å²) in [5, 5.41) is 12.4. The van der Waals surface area contributed by atoms with Crippen molar-refractivity contribution in [3.63, 3.8) is 0 Å². The largest absolute Gasteiger partial charge is 0.324 e. The van der Waals surface area contributed by atoms with Gasteiger partial charge >= 0.3 is 6.03 Å². The standard InChI is InChI=1S/C19H22N6O3S/c1-13-20-18(24-23-13)17(14-8-5-4-6-9-14)22-19(26)21-15-10-7-11-16(12-15)29(27,28)25(2)3/h4-12,17H,1-3H3,(H,20,23,24)(H2,21,22,26). The second kappa shape index (κ2) is 8.41. The van der Waals surface area contributed by atoms with Gasteiger partial charge in [-0.05, 0) is 30.7 Å². The molecule has 152 valence electrons. The third kappa shape index (κ3) is 4.79. The van der Waals surface area contributed by atoms with E-state index >= 15 is 0 Å². The van der Waals surface area contributed by atoms with Gasteiger partial charge in [0.15, 0.2) is 5.82 Å². The number of sulfonamides is 1. The summed E-state index contributed by atoms with van der Waals surface area (Å²) >= 11 is 0. The predicted octanol–water partition coefficient (Wildman–Crippen LogP) is 2.27. The minimum Gasteiger partial charge on any atom is -0.324 e. The zero-order chi connectivity index (χ0) is 21.0. The zero-order valence-electron chi connectivity index (χ0n) is 16.2. The maximum Gasteiger partial charge on any atom is 0.320 e. The van der Waals surface area contributed by atoms with Gasteiger partial charge in [0.05, 0.1) is 4.90 Å². The molecule has 2 amide bonds. The molecule has 0 aliphatic heterocycles. The van der Waals surface area contributed by atoms with Crippen LogP contribution in [0.15, 0.2) is 59.5 Å². The Labute approximate surface area is 169 Å². The quantitative estimate of drug-likeness (QED) is 0.571. The molecule has 3 N–H and O–H groups in total. The van der Waals surface area contributed by atoms with Crippen LogP contribution in [0.2, 0.25) is 0 Å². The number of nitrogens with one attached hydrogen (secondary N) is 3. The Morgan fingerprint density at radius 1 is 1.10 bits per heavy atom. The van der Waals surface area contributed by atoms with E-state index in [2.05, 4.69) is 25.8 Å². The van der Waals surface area contributed by atoms with Gasteiger partial charge < -0.3 is 10.6 Å². The molecule has 1 heterocycles. The summed E-state index contributed by atoms with van der Waals surface area (Å²) in [5.74, 6) is 1.05. The number of hydrogen-bond acceptors (Lipinski definition) is 5. The minimum absolute atomic E-state index is 0.0875. The number of amides is 2. The highest BCUT2D eigenvalue weighted by Crippen LogP contribution is 2.20. The number of aromatic amines is 1. The molecule has 2 aromatic carbocycles. The molecular weight excluding hydrogens is 392 g/mol. The first-order chi connectivity index (χ1) is 13.8. The first-order valence-corrected chi connectivity index (χ1v) is 10.3. The van der Waals surface area contributed by atoms with Crippen LogP contribution in [-0.2, 0) is 10.0 Å². The van der Waals surface area contributed by atoms with Gasteiger partial charge in [0, 0.05) is 19.8 Å². The van der Waals surface area contributed by atoms with E-state index in [1.54, 1.807) is 19.1 Å². The third-order valence-electron chi connectivity index (χ3n) is 4.15. The van der Waals surface area contributed by atoms with Crippen molar-refractivity contribution in [2.24, 2.45) is 0 Å². The van der Waals surface area contributed by atoms with Crippen molar-refractivity contribution in [2.45, 2.75) is 17.9 Å². The number of aryl methyl sites for hydroxylation is 1. The molecule has 10 heteroatoms. The molecule has 9 nitrogen and oxygen atoms in total. The summed E-state index contributed by atoms with van der Waals surface area (Å²) < 4.78 is 25.7. The summed E-state index contributed by atoms with van der Waals surface area (Å²) in [7, 11) is -0.704. The molecule has 0 aliphatic rings.